The van der Waals surface area contributed by atoms with Crippen molar-refractivity contribution in [2.45, 2.75) is 58.0 Å². The Labute approximate surface area is 250 Å². The second-order valence-corrected chi connectivity index (χ2v) is 11.8. The zero-order chi connectivity index (χ0) is 30.7. The molecule has 2 fully saturated rings. The van der Waals surface area contributed by atoms with Crippen LogP contribution in [0.1, 0.15) is 51.4 Å². The Kier molecular flexibility index (Phi) is 9.28. The molecule has 9 nitrogen and oxygen atoms in total. The monoisotopic (exact) mass is 616 g/mol. The molecule has 1 N–H and O–H groups in total. The molecule has 43 heavy (non-hydrogen) atoms. The van der Waals surface area contributed by atoms with Gasteiger partial charge in [0.25, 0.3) is 0 Å². The third-order valence-electron chi connectivity index (χ3n) is 7.94. The number of aliphatic carboxylic acids is 1. The van der Waals surface area contributed by atoms with Crippen LogP contribution in [0.15, 0.2) is 36.5 Å². The van der Waals surface area contributed by atoms with Crippen molar-refractivity contribution in [1.29, 1.82) is 0 Å². The molecule has 2 aromatic heterocycles. The van der Waals surface area contributed by atoms with Gasteiger partial charge in [0, 0.05) is 43.3 Å². The average molecular weight is 617 g/mol. The molecule has 1 aliphatic carbocycles. The molecular weight excluding hydrogens is 585 g/mol. The lowest BCUT2D eigenvalue weighted by Gasteiger charge is -2.23. The minimum atomic E-state index is -3.11. The number of carboxylic acids is 1. The van der Waals surface area contributed by atoms with Gasteiger partial charge in [0.05, 0.1) is 6.42 Å². The van der Waals surface area contributed by atoms with Crippen molar-refractivity contribution in [2.24, 2.45) is 11.8 Å². The van der Waals surface area contributed by atoms with Gasteiger partial charge in [-0.15, -0.1) is 0 Å². The molecule has 1 atom stereocenters. The fraction of sp³-hybridized carbons (Fsp3) is 0.433. The molecule has 3 heterocycles. The Hall–Kier alpha value is -4.00. The van der Waals surface area contributed by atoms with Crippen LogP contribution in [-0.2, 0) is 14.4 Å². The molecule has 0 spiro atoms. The molecule has 5 rings (SSSR count). The Morgan fingerprint density at radius 2 is 1.93 bits per heavy atom. The topological polar surface area (TPSA) is 113 Å². The number of halogens is 3. The van der Waals surface area contributed by atoms with E-state index in [1.165, 1.54) is 36.3 Å². The van der Waals surface area contributed by atoms with Gasteiger partial charge in [-0.1, -0.05) is 37.0 Å². The number of thiazole rings is 1. The molecule has 1 aliphatic heterocycles. The summed E-state index contributed by atoms with van der Waals surface area (Å²) in [6, 6.07) is 7.41. The highest BCUT2D eigenvalue weighted by atomic mass is 32.1. The number of anilines is 2. The summed E-state index contributed by atoms with van der Waals surface area (Å²) in [4.78, 5) is 48.6. The lowest BCUT2D eigenvalue weighted by molar-refractivity contribution is -0.140. The van der Waals surface area contributed by atoms with Gasteiger partial charge in [-0.3, -0.25) is 24.2 Å². The lowest BCUT2D eigenvalue weighted by Crippen LogP contribution is -2.35. The van der Waals surface area contributed by atoms with E-state index in [0.29, 0.717) is 47.7 Å². The molecule has 1 saturated carbocycles. The van der Waals surface area contributed by atoms with Crippen LogP contribution in [0.4, 0.5) is 24.1 Å². The van der Waals surface area contributed by atoms with Gasteiger partial charge in [0.15, 0.2) is 5.13 Å². The van der Waals surface area contributed by atoms with Gasteiger partial charge in [-0.2, -0.15) is 13.2 Å². The number of carboxylic acid groups (broad SMARTS) is 1. The second-order valence-electron chi connectivity index (χ2n) is 10.8. The smallest absolute Gasteiger partial charge is 0.387 e. The van der Waals surface area contributed by atoms with Crippen molar-refractivity contribution in [3.8, 4) is 28.1 Å². The number of nitrogens with zero attached hydrogens (tertiary/aromatic N) is 4. The van der Waals surface area contributed by atoms with E-state index >= 15 is 4.39 Å². The number of hydrogen-bond acceptors (Lipinski definition) is 7. The molecule has 1 saturated heterocycles. The van der Waals surface area contributed by atoms with E-state index in [1.807, 2.05) is 0 Å². The lowest BCUT2D eigenvalue weighted by atomic mass is 9.90. The number of ether oxygens (including phenoxy) is 1. The number of aromatic nitrogens is 2. The van der Waals surface area contributed by atoms with E-state index < -0.39 is 29.5 Å². The van der Waals surface area contributed by atoms with E-state index in [9.17, 15) is 28.3 Å². The Morgan fingerprint density at radius 1 is 1.16 bits per heavy atom. The summed E-state index contributed by atoms with van der Waals surface area (Å²) in [5, 5.41) is 8.69. The van der Waals surface area contributed by atoms with Gasteiger partial charge in [-0.25, -0.2) is 9.97 Å². The van der Waals surface area contributed by atoms with Crippen molar-refractivity contribution < 1.29 is 37.4 Å². The largest absolute Gasteiger partial charge is 0.481 e. The number of rotatable bonds is 11. The molecule has 13 heteroatoms. The highest BCUT2D eigenvalue weighted by Gasteiger charge is 2.32. The third-order valence-corrected chi connectivity index (χ3v) is 8.86. The standard InChI is InChI=1S/C30H31F3N4O5S/c1-36(28(41)19(14-25(39)40)13-17-5-2-3-6-17)30-35-26(27(31)43-30)22-15-20(42-29(32)33)9-10-21(22)18-8-11-23(34-16-18)37-12-4-7-24(37)38/h8-11,15-17,19,29H,2-7,12-14H2,1H3,(H,39,40)/t19-/m1/s1. The van der Waals surface area contributed by atoms with E-state index in [0.717, 1.165) is 32.1 Å². The minimum absolute atomic E-state index is 0.00598. The van der Waals surface area contributed by atoms with Crippen LogP contribution in [-0.4, -0.2) is 53.1 Å². The summed E-state index contributed by atoms with van der Waals surface area (Å²) in [7, 11) is 1.42. The van der Waals surface area contributed by atoms with E-state index in [4.69, 9.17) is 0 Å². The summed E-state index contributed by atoms with van der Waals surface area (Å²) in [5.41, 5.74) is 0.895. The maximum Gasteiger partial charge on any atom is 0.387 e. The first-order valence-electron chi connectivity index (χ1n) is 14.1. The number of hydrogen-bond donors (Lipinski definition) is 1. The van der Waals surface area contributed by atoms with Crippen LogP contribution < -0.4 is 14.5 Å². The number of alkyl halides is 2. The zero-order valence-electron chi connectivity index (χ0n) is 23.5. The van der Waals surface area contributed by atoms with Crippen molar-refractivity contribution in [2.75, 3.05) is 23.4 Å². The van der Waals surface area contributed by atoms with Crippen molar-refractivity contribution in [1.82, 2.24) is 9.97 Å². The SMILES string of the molecule is CN(C(=O)[C@@H](CC(=O)O)CC1CCCC1)c1nc(-c2cc(OC(F)F)ccc2-c2ccc(N3CCCC3=O)nc2)c(F)s1. The molecule has 2 aliphatic rings. The number of carbonyl (C=O) groups is 3. The molecule has 2 amide bonds. The van der Waals surface area contributed by atoms with Crippen LogP contribution in [0.2, 0.25) is 0 Å². The number of amides is 2. The second kappa shape index (κ2) is 13.1. The van der Waals surface area contributed by atoms with E-state index in [1.54, 1.807) is 17.0 Å². The van der Waals surface area contributed by atoms with Gasteiger partial charge < -0.3 is 9.84 Å². The normalized spacial score (nSPS) is 16.2. The molecule has 3 aromatic rings. The van der Waals surface area contributed by atoms with Crippen molar-refractivity contribution in [3.05, 3.63) is 41.7 Å². The van der Waals surface area contributed by atoms with Gasteiger partial charge in [0.1, 0.15) is 17.3 Å². The number of benzene rings is 1. The van der Waals surface area contributed by atoms with E-state index in [2.05, 4.69) is 14.7 Å². The summed E-state index contributed by atoms with van der Waals surface area (Å²) < 4.78 is 46.2. The average Bonchev–Trinajstić information content (AvgIpc) is 3.73. The molecule has 0 radical (unpaired) electrons. The first-order chi connectivity index (χ1) is 20.6. The fourth-order valence-corrected chi connectivity index (χ4v) is 6.62. The van der Waals surface area contributed by atoms with Gasteiger partial charge >= 0.3 is 12.6 Å². The van der Waals surface area contributed by atoms with Crippen LogP contribution in [0, 0.1) is 17.0 Å². The summed E-state index contributed by atoms with van der Waals surface area (Å²) in [5.74, 6) is -1.86. The summed E-state index contributed by atoms with van der Waals surface area (Å²) >= 11 is 0.599. The maximum absolute atomic E-state index is 15.5. The molecule has 0 bridgehead atoms. The van der Waals surface area contributed by atoms with Crippen LogP contribution >= 0.6 is 11.3 Å². The predicted molar refractivity (Wildman–Crippen MR) is 155 cm³/mol. The van der Waals surface area contributed by atoms with Crippen LogP contribution in [0.3, 0.4) is 0 Å². The molecule has 1 aromatic carbocycles. The van der Waals surface area contributed by atoms with Crippen LogP contribution in [0.5, 0.6) is 5.75 Å². The van der Waals surface area contributed by atoms with Crippen molar-refractivity contribution >= 4 is 40.1 Å². The van der Waals surface area contributed by atoms with Crippen LogP contribution in [0.25, 0.3) is 22.4 Å². The molecule has 228 valence electrons. The molecule has 0 unspecified atom stereocenters. The first kappa shape index (κ1) is 30.5. The highest BCUT2D eigenvalue weighted by Crippen LogP contribution is 2.40. The van der Waals surface area contributed by atoms with Gasteiger partial charge in [0.2, 0.25) is 16.9 Å². The molecular formula is C30H31F3N4O5S. The Bertz CT molecular complexity index is 1490. The number of carbonyl (C=O) groups excluding carboxylic acids is 2. The summed E-state index contributed by atoms with van der Waals surface area (Å²) in [6.07, 6.45) is 6.73. The number of pyridine rings is 1. The third kappa shape index (κ3) is 6.98. The fourth-order valence-electron chi connectivity index (χ4n) is 5.84. The van der Waals surface area contributed by atoms with Crippen molar-refractivity contribution in [3.63, 3.8) is 0 Å². The summed E-state index contributed by atoms with van der Waals surface area (Å²) in [6.45, 7) is -2.55. The van der Waals surface area contributed by atoms with E-state index in [-0.39, 0.29) is 40.4 Å². The first-order valence-corrected chi connectivity index (χ1v) is 14.9. The van der Waals surface area contributed by atoms with Gasteiger partial charge in [-0.05, 0) is 54.7 Å². The Balaban J connectivity index is 1.47. The predicted octanol–water partition coefficient (Wildman–Crippen LogP) is 6.37. The quantitative estimate of drug-likeness (QED) is 0.266. The Morgan fingerprint density at radius 3 is 2.56 bits per heavy atom. The highest BCUT2D eigenvalue weighted by molar-refractivity contribution is 7.14. The minimum Gasteiger partial charge on any atom is -0.481 e. The zero-order valence-corrected chi connectivity index (χ0v) is 24.3. The maximum atomic E-state index is 15.5.